The molecule has 0 spiro atoms. The van der Waals surface area contributed by atoms with Crippen LogP contribution in [0.1, 0.15) is 24.9 Å². The molecule has 1 aromatic rings. The molecule has 1 unspecified atom stereocenters. The first-order chi connectivity index (χ1) is 9.47. The van der Waals surface area contributed by atoms with Crippen molar-refractivity contribution in [3.8, 4) is 0 Å². The largest absolute Gasteiger partial charge is 0.481 e. The molecule has 0 aliphatic carbocycles. The molecule has 1 aromatic carbocycles. The highest BCUT2D eigenvalue weighted by atomic mass is 79.9. The molecular formula is C14H17BrN2O3. The van der Waals surface area contributed by atoms with E-state index in [9.17, 15) is 9.59 Å². The van der Waals surface area contributed by atoms with E-state index in [2.05, 4.69) is 21.2 Å². The highest BCUT2D eigenvalue weighted by Crippen LogP contribution is 2.19. The van der Waals surface area contributed by atoms with Crippen molar-refractivity contribution in [3.63, 3.8) is 0 Å². The van der Waals surface area contributed by atoms with E-state index in [0.29, 0.717) is 13.0 Å². The molecule has 0 saturated carbocycles. The van der Waals surface area contributed by atoms with Crippen LogP contribution in [0.3, 0.4) is 0 Å². The van der Waals surface area contributed by atoms with Gasteiger partial charge >= 0.3 is 12.0 Å². The minimum absolute atomic E-state index is 0.112. The van der Waals surface area contributed by atoms with Crippen molar-refractivity contribution in [3.05, 3.63) is 34.3 Å². The summed E-state index contributed by atoms with van der Waals surface area (Å²) in [6.45, 7) is 2.69. The number of urea groups is 1. The molecule has 1 fully saturated rings. The van der Waals surface area contributed by atoms with Gasteiger partial charge in [-0.25, -0.2) is 4.79 Å². The SMILES string of the molecule is C[C@@H](NC(=O)N1CCC(C(=O)O)C1)c1ccc(Br)cc1. The van der Waals surface area contributed by atoms with E-state index >= 15 is 0 Å². The number of hydrogen-bond acceptors (Lipinski definition) is 2. The predicted octanol–water partition coefficient (Wildman–Crippen LogP) is 2.63. The summed E-state index contributed by atoms with van der Waals surface area (Å²) in [5.74, 6) is -1.27. The van der Waals surface area contributed by atoms with Crippen molar-refractivity contribution in [1.82, 2.24) is 10.2 Å². The van der Waals surface area contributed by atoms with E-state index in [4.69, 9.17) is 5.11 Å². The van der Waals surface area contributed by atoms with E-state index in [1.807, 2.05) is 31.2 Å². The van der Waals surface area contributed by atoms with E-state index in [1.165, 1.54) is 0 Å². The average Bonchev–Trinajstić information content (AvgIpc) is 2.89. The zero-order valence-corrected chi connectivity index (χ0v) is 12.8. The summed E-state index contributed by atoms with van der Waals surface area (Å²) in [5.41, 5.74) is 1.01. The van der Waals surface area contributed by atoms with Crippen LogP contribution in [0.4, 0.5) is 4.79 Å². The van der Waals surface area contributed by atoms with E-state index < -0.39 is 11.9 Å². The van der Waals surface area contributed by atoms with E-state index in [-0.39, 0.29) is 18.6 Å². The number of halogens is 1. The Balaban J connectivity index is 1.91. The fourth-order valence-corrected chi connectivity index (χ4v) is 2.52. The number of aliphatic carboxylic acids is 1. The number of hydrogen-bond donors (Lipinski definition) is 2. The first kappa shape index (κ1) is 14.8. The molecule has 108 valence electrons. The molecule has 2 atom stereocenters. The number of rotatable bonds is 3. The van der Waals surface area contributed by atoms with Crippen LogP contribution < -0.4 is 5.32 Å². The molecule has 0 radical (unpaired) electrons. The third kappa shape index (κ3) is 3.50. The third-order valence-corrected chi connectivity index (χ3v) is 4.06. The van der Waals surface area contributed by atoms with Crippen molar-refractivity contribution in [1.29, 1.82) is 0 Å². The smallest absolute Gasteiger partial charge is 0.317 e. The molecule has 6 heteroatoms. The summed E-state index contributed by atoms with van der Waals surface area (Å²) in [6.07, 6.45) is 0.523. The Kier molecular flexibility index (Phi) is 4.65. The van der Waals surface area contributed by atoms with E-state index in [1.54, 1.807) is 4.90 Å². The van der Waals surface area contributed by atoms with Gasteiger partial charge < -0.3 is 15.3 Å². The molecule has 2 N–H and O–H groups in total. The van der Waals surface area contributed by atoms with Crippen molar-refractivity contribution in [2.24, 2.45) is 5.92 Å². The molecule has 2 rings (SSSR count). The number of carbonyl (C=O) groups excluding carboxylic acids is 1. The quantitative estimate of drug-likeness (QED) is 0.888. The third-order valence-electron chi connectivity index (χ3n) is 3.53. The number of carboxylic acid groups (broad SMARTS) is 1. The van der Waals surface area contributed by atoms with Gasteiger partial charge in [0, 0.05) is 17.6 Å². The topological polar surface area (TPSA) is 69.6 Å². The maximum atomic E-state index is 12.1. The second-order valence-electron chi connectivity index (χ2n) is 4.99. The molecule has 0 aromatic heterocycles. The van der Waals surface area contributed by atoms with Crippen LogP contribution in [0.5, 0.6) is 0 Å². The molecule has 1 saturated heterocycles. The number of amides is 2. The Morgan fingerprint density at radius 3 is 2.60 bits per heavy atom. The summed E-state index contributed by atoms with van der Waals surface area (Å²) < 4.78 is 0.989. The van der Waals surface area contributed by atoms with Crippen molar-refractivity contribution in [2.75, 3.05) is 13.1 Å². The summed E-state index contributed by atoms with van der Waals surface area (Å²) in [5, 5.41) is 11.8. The predicted molar refractivity (Wildman–Crippen MR) is 78.4 cm³/mol. The van der Waals surface area contributed by atoms with Crippen molar-refractivity contribution < 1.29 is 14.7 Å². The van der Waals surface area contributed by atoms with Gasteiger partial charge in [0.2, 0.25) is 0 Å². The van der Waals surface area contributed by atoms with Crippen molar-refractivity contribution in [2.45, 2.75) is 19.4 Å². The molecule has 0 bridgehead atoms. The lowest BCUT2D eigenvalue weighted by atomic mass is 10.1. The molecule has 5 nitrogen and oxygen atoms in total. The molecular weight excluding hydrogens is 324 g/mol. The second-order valence-corrected chi connectivity index (χ2v) is 5.91. The molecule has 20 heavy (non-hydrogen) atoms. The molecule has 1 aliphatic heterocycles. The zero-order chi connectivity index (χ0) is 14.7. The van der Waals surface area contributed by atoms with Crippen molar-refractivity contribution >= 4 is 27.9 Å². The van der Waals surface area contributed by atoms with Gasteiger partial charge in [-0.1, -0.05) is 28.1 Å². The van der Waals surface area contributed by atoms with Gasteiger partial charge in [0.05, 0.1) is 12.0 Å². The molecule has 1 heterocycles. The molecule has 1 aliphatic rings. The number of carboxylic acids is 1. The number of nitrogens with zero attached hydrogens (tertiary/aromatic N) is 1. The number of nitrogens with one attached hydrogen (secondary N) is 1. The second kappa shape index (κ2) is 6.26. The van der Waals surface area contributed by atoms with Crippen LogP contribution >= 0.6 is 15.9 Å². The minimum Gasteiger partial charge on any atom is -0.481 e. The van der Waals surface area contributed by atoms with Crippen LogP contribution in [0.15, 0.2) is 28.7 Å². The van der Waals surface area contributed by atoms with Crippen LogP contribution in [0.25, 0.3) is 0 Å². The summed E-state index contributed by atoms with van der Waals surface area (Å²) in [4.78, 5) is 24.5. The minimum atomic E-state index is -0.832. The first-order valence-electron chi connectivity index (χ1n) is 6.51. The van der Waals surface area contributed by atoms with Gasteiger partial charge in [0.25, 0.3) is 0 Å². The van der Waals surface area contributed by atoms with Gasteiger partial charge in [0.15, 0.2) is 0 Å². The van der Waals surface area contributed by atoms with Gasteiger partial charge in [-0.05, 0) is 31.0 Å². The Hall–Kier alpha value is -1.56. The first-order valence-corrected chi connectivity index (χ1v) is 7.30. The Bertz CT molecular complexity index is 504. The highest BCUT2D eigenvalue weighted by molar-refractivity contribution is 9.10. The lowest BCUT2D eigenvalue weighted by Crippen LogP contribution is -2.40. The standard InChI is InChI=1S/C14H17BrN2O3/c1-9(10-2-4-12(15)5-3-10)16-14(20)17-7-6-11(8-17)13(18)19/h2-5,9,11H,6-8H2,1H3,(H,16,20)(H,18,19)/t9-,11?/m1/s1. The van der Waals surface area contributed by atoms with Gasteiger partial charge in [-0.15, -0.1) is 0 Å². The Morgan fingerprint density at radius 2 is 2.05 bits per heavy atom. The van der Waals surface area contributed by atoms with E-state index in [0.717, 1.165) is 10.0 Å². The lowest BCUT2D eigenvalue weighted by Gasteiger charge is -2.21. The number of carbonyl (C=O) groups is 2. The fraction of sp³-hybridized carbons (Fsp3) is 0.429. The zero-order valence-electron chi connectivity index (χ0n) is 11.2. The average molecular weight is 341 g/mol. The van der Waals surface area contributed by atoms with Crippen LogP contribution in [-0.2, 0) is 4.79 Å². The summed E-state index contributed by atoms with van der Waals surface area (Å²) >= 11 is 3.37. The summed E-state index contributed by atoms with van der Waals surface area (Å²) in [6, 6.07) is 7.42. The van der Waals surface area contributed by atoms with Gasteiger partial charge in [-0.3, -0.25) is 4.79 Å². The Morgan fingerprint density at radius 1 is 1.40 bits per heavy atom. The Labute approximate surface area is 126 Å². The van der Waals surface area contributed by atoms with Gasteiger partial charge in [0.1, 0.15) is 0 Å². The van der Waals surface area contributed by atoms with Crippen LogP contribution in [-0.4, -0.2) is 35.1 Å². The van der Waals surface area contributed by atoms with Gasteiger partial charge in [-0.2, -0.15) is 0 Å². The maximum absolute atomic E-state index is 12.1. The number of likely N-dealkylation sites (tertiary alicyclic amines) is 1. The normalized spacial score (nSPS) is 19.7. The lowest BCUT2D eigenvalue weighted by molar-refractivity contribution is -0.141. The summed E-state index contributed by atoms with van der Waals surface area (Å²) in [7, 11) is 0. The maximum Gasteiger partial charge on any atom is 0.317 e. The number of benzene rings is 1. The van der Waals surface area contributed by atoms with Crippen LogP contribution in [0.2, 0.25) is 0 Å². The van der Waals surface area contributed by atoms with Crippen LogP contribution in [0, 0.1) is 5.92 Å². The molecule has 2 amide bonds. The highest BCUT2D eigenvalue weighted by Gasteiger charge is 2.31. The fourth-order valence-electron chi connectivity index (χ4n) is 2.26. The monoisotopic (exact) mass is 340 g/mol.